The third kappa shape index (κ3) is 5.37. The summed E-state index contributed by atoms with van der Waals surface area (Å²) in [4.78, 5) is 21.9. The molecule has 0 aromatic carbocycles. The van der Waals surface area contributed by atoms with E-state index in [0.29, 0.717) is 12.6 Å². The first-order valence-electron chi connectivity index (χ1n) is 5.42. The summed E-state index contributed by atoms with van der Waals surface area (Å²) in [6, 6.07) is 0.686. The lowest BCUT2D eigenvalue weighted by molar-refractivity contribution is -0.154. The normalized spacial score (nSPS) is 14.7. The molecular weight excluding hydrogens is 196 g/mol. The molecule has 0 aliphatic heterocycles. The second-order valence-electron chi connectivity index (χ2n) is 3.56. The Hall–Kier alpha value is -1.10. The average Bonchev–Trinajstić information content (AvgIpc) is 3.01. The Labute approximate surface area is 89.6 Å². The SMILES string of the molecule is CCOC(=O)C(=O)NCCCNC1CC1. The summed E-state index contributed by atoms with van der Waals surface area (Å²) in [5, 5.41) is 5.83. The van der Waals surface area contributed by atoms with Crippen LogP contribution in [0.5, 0.6) is 0 Å². The van der Waals surface area contributed by atoms with Crippen LogP contribution in [0.15, 0.2) is 0 Å². The van der Waals surface area contributed by atoms with E-state index in [1.165, 1.54) is 12.8 Å². The largest absolute Gasteiger partial charge is 0.459 e. The van der Waals surface area contributed by atoms with Gasteiger partial charge in [0, 0.05) is 12.6 Å². The number of amides is 1. The molecule has 1 saturated carbocycles. The van der Waals surface area contributed by atoms with Crippen LogP contribution in [0.25, 0.3) is 0 Å². The molecule has 2 N–H and O–H groups in total. The first-order chi connectivity index (χ1) is 7.24. The number of hydrogen-bond donors (Lipinski definition) is 2. The van der Waals surface area contributed by atoms with Crippen LogP contribution in [0.1, 0.15) is 26.2 Å². The predicted molar refractivity (Wildman–Crippen MR) is 55.3 cm³/mol. The number of nitrogens with one attached hydrogen (secondary N) is 2. The molecular formula is C10H18N2O3. The highest BCUT2D eigenvalue weighted by Crippen LogP contribution is 2.18. The minimum absolute atomic E-state index is 0.232. The topological polar surface area (TPSA) is 67.4 Å². The van der Waals surface area contributed by atoms with E-state index in [-0.39, 0.29) is 6.61 Å². The van der Waals surface area contributed by atoms with E-state index in [1.807, 2.05) is 0 Å². The van der Waals surface area contributed by atoms with Crippen molar-refractivity contribution >= 4 is 11.9 Å². The Morgan fingerprint density at radius 2 is 2.07 bits per heavy atom. The van der Waals surface area contributed by atoms with Gasteiger partial charge in [0.1, 0.15) is 0 Å². The summed E-state index contributed by atoms with van der Waals surface area (Å²) >= 11 is 0. The maximum atomic E-state index is 11.0. The van der Waals surface area contributed by atoms with E-state index < -0.39 is 11.9 Å². The van der Waals surface area contributed by atoms with Crippen molar-refractivity contribution in [1.82, 2.24) is 10.6 Å². The summed E-state index contributed by atoms with van der Waals surface area (Å²) in [5.74, 6) is -1.45. The van der Waals surface area contributed by atoms with Gasteiger partial charge in [0.15, 0.2) is 0 Å². The van der Waals surface area contributed by atoms with E-state index in [1.54, 1.807) is 6.92 Å². The fourth-order valence-corrected chi connectivity index (χ4v) is 1.15. The van der Waals surface area contributed by atoms with Crippen LogP contribution in [-0.2, 0) is 14.3 Å². The zero-order valence-electron chi connectivity index (χ0n) is 9.04. The molecule has 0 unspecified atom stereocenters. The third-order valence-corrected chi connectivity index (χ3v) is 2.11. The second-order valence-corrected chi connectivity index (χ2v) is 3.56. The quantitative estimate of drug-likeness (QED) is 0.365. The summed E-state index contributed by atoms with van der Waals surface area (Å²) in [6.07, 6.45) is 3.35. The number of carbonyl (C=O) groups is 2. The Morgan fingerprint density at radius 3 is 2.67 bits per heavy atom. The van der Waals surface area contributed by atoms with Crippen molar-refractivity contribution in [2.75, 3.05) is 19.7 Å². The molecule has 0 radical (unpaired) electrons. The average molecular weight is 214 g/mol. The molecule has 1 fully saturated rings. The van der Waals surface area contributed by atoms with Crippen LogP contribution in [-0.4, -0.2) is 37.6 Å². The van der Waals surface area contributed by atoms with Crippen molar-refractivity contribution in [1.29, 1.82) is 0 Å². The summed E-state index contributed by atoms with van der Waals surface area (Å²) in [5.41, 5.74) is 0. The van der Waals surface area contributed by atoms with Crippen molar-refractivity contribution in [2.24, 2.45) is 0 Å². The van der Waals surface area contributed by atoms with E-state index in [4.69, 9.17) is 0 Å². The molecule has 86 valence electrons. The fraction of sp³-hybridized carbons (Fsp3) is 0.800. The molecule has 0 bridgehead atoms. The van der Waals surface area contributed by atoms with E-state index >= 15 is 0 Å². The van der Waals surface area contributed by atoms with Crippen molar-refractivity contribution in [3.63, 3.8) is 0 Å². The number of hydrogen-bond acceptors (Lipinski definition) is 4. The molecule has 0 aromatic heterocycles. The lowest BCUT2D eigenvalue weighted by Gasteiger charge is -2.05. The van der Waals surface area contributed by atoms with E-state index in [9.17, 15) is 9.59 Å². The smallest absolute Gasteiger partial charge is 0.396 e. The van der Waals surface area contributed by atoms with E-state index in [0.717, 1.165) is 13.0 Å². The number of carbonyl (C=O) groups excluding carboxylic acids is 2. The van der Waals surface area contributed by atoms with Gasteiger partial charge in [-0.2, -0.15) is 0 Å². The Balaban J connectivity index is 1.93. The van der Waals surface area contributed by atoms with Crippen molar-refractivity contribution in [3.05, 3.63) is 0 Å². The molecule has 0 spiro atoms. The summed E-state index contributed by atoms with van der Waals surface area (Å²) in [6.45, 7) is 3.30. The molecule has 5 heteroatoms. The maximum absolute atomic E-state index is 11.0. The van der Waals surface area contributed by atoms with Gasteiger partial charge in [0.05, 0.1) is 6.61 Å². The highest BCUT2D eigenvalue weighted by molar-refractivity contribution is 6.32. The van der Waals surface area contributed by atoms with Gasteiger partial charge in [-0.25, -0.2) is 4.79 Å². The third-order valence-electron chi connectivity index (χ3n) is 2.11. The second kappa shape index (κ2) is 6.40. The zero-order chi connectivity index (χ0) is 11.1. The van der Waals surface area contributed by atoms with Gasteiger partial charge in [-0.15, -0.1) is 0 Å². The minimum Gasteiger partial charge on any atom is -0.459 e. The van der Waals surface area contributed by atoms with Crippen LogP contribution in [0.2, 0.25) is 0 Å². The lowest BCUT2D eigenvalue weighted by Crippen LogP contribution is -2.34. The molecule has 1 aliphatic carbocycles. The fourth-order valence-electron chi connectivity index (χ4n) is 1.15. The zero-order valence-corrected chi connectivity index (χ0v) is 9.04. The first-order valence-corrected chi connectivity index (χ1v) is 5.42. The van der Waals surface area contributed by atoms with Crippen LogP contribution in [0.4, 0.5) is 0 Å². The Morgan fingerprint density at radius 1 is 1.33 bits per heavy atom. The van der Waals surface area contributed by atoms with Crippen LogP contribution in [0.3, 0.4) is 0 Å². The summed E-state index contributed by atoms with van der Waals surface area (Å²) in [7, 11) is 0. The highest BCUT2D eigenvalue weighted by Gasteiger charge is 2.19. The standard InChI is InChI=1S/C10H18N2O3/c1-2-15-10(14)9(13)12-7-3-6-11-8-4-5-8/h8,11H,2-7H2,1H3,(H,12,13). The highest BCUT2D eigenvalue weighted by atomic mass is 16.5. The molecule has 15 heavy (non-hydrogen) atoms. The molecule has 5 nitrogen and oxygen atoms in total. The van der Waals surface area contributed by atoms with Gasteiger partial charge in [-0.1, -0.05) is 0 Å². The van der Waals surface area contributed by atoms with Crippen LogP contribution >= 0.6 is 0 Å². The van der Waals surface area contributed by atoms with Crippen molar-refractivity contribution in [3.8, 4) is 0 Å². The van der Waals surface area contributed by atoms with Gasteiger partial charge in [-0.3, -0.25) is 4.79 Å². The van der Waals surface area contributed by atoms with Gasteiger partial charge in [-0.05, 0) is 32.7 Å². The van der Waals surface area contributed by atoms with Crippen molar-refractivity contribution < 1.29 is 14.3 Å². The van der Waals surface area contributed by atoms with Gasteiger partial charge in [0.2, 0.25) is 0 Å². The molecule has 0 saturated heterocycles. The molecule has 0 aromatic rings. The Bertz CT molecular complexity index is 227. The van der Waals surface area contributed by atoms with Crippen LogP contribution in [0, 0.1) is 0 Å². The number of ether oxygens (including phenoxy) is 1. The summed E-state index contributed by atoms with van der Waals surface area (Å²) < 4.78 is 4.54. The maximum Gasteiger partial charge on any atom is 0.396 e. The molecule has 1 amide bonds. The van der Waals surface area contributed by atoms with Crippen LogP contribution < -0.4 is 10.6 Å². The van der Waals surface area contributed by atoms with Gasteiger partial charge >= 0.3 is 11.9 Å². The molecule has 1 aliphatic rings. The first kappa shape index (κ1) is 12.0. The minimum atomic E-state index is -0.798. The molecule has 0 atom stereocenters. The van der Waals surface area contributed by atoms with Crippen molar-refractivity contribution in [2.45, 2.75) is 32.2 Å². The number of rotatable bonds is 6. The molecule has 1 rings (SSSR count). The van der Waals surface area contributed by atoms with Gasteiger partial charge in [0.25, 0.3) is 0 Å². The number of esters is 1. The monoisotopic (exact) mass is 214 g/mol. The lowest BCUT2D eigenvalue weighted by atomic mass is 10.4. The molecule has 0 heterocycles. The predicted octanol–water partition coefficient (Wildman–Crippen LogP) is -0.192. The van der Waals surface area contributed by atoms with E-state index in [2.05, 4.69) is 15.4 Å². The Kier molecular flexibility index (Phi) is 5.10. The van der Waals surface area contributed by atoms with Gasteiger partial charge < -0.3 is 15.4 Å².